The predicted molar refractivity (Wildman–Crippen MR) is 86.6 cm³/mol. The summed E-state index contributed by atoms with van der Waals surface area (Å²) >= 11 is 0. The molecular formula is C18H28O3. The molecule has 0 radical (unpaired) electrons. The fourth-order valence-electron chi connectivity index (χ4n) is 1.92. The lowest BCUT2D eigenvalue weighted by atomic mass is 10.0. The molecule has 3 heteroatoms. The highest BCUT2D eigenvalue weighted by Gasteiger charge is 2.16. The van der Waals surface area contributed by atoms with Crippen LogP contribution >= 0.6 is 0 Å². The van der Waals surface area contributed by atoms with Crippen LogP contribution in [-0.4, -0.2) is 35.6 Å². The van der Waals surface area contributed by atoms with E-state index in [4.69, 9.17) is 9.84 Å². The van der Waals surface area contributed by atoms with Gasteiger partial charge in [0.2, 0.25) is 0 Å². The van der Waals surface area contributed by atoms with Gasteiger partial charge in [-0.25, -0.2) is 0 Å². The highest BCUT2D eigenvalue weighted by atomic mass is 16.5. The number of unbranched alkanes of at least 4 members (excludes halogenated alkanes) is 4. The zero-order valence-corrected chi connectivity index (χ0v) is 13.3. The van der Waals surface area contributed by atoms with Gasteiger partial charge in [-0.1, -0.05) is 63.5 Å². The minimum Gasteiger partial charge on any atom is -0.389 e. The maximum atomic E-state index is 10.0. The molecule has 0 aromatic carbocycles. The van der Waals surface area contributed by atoms with Crippen molar-refractivity contribution in [2.45, 2.75) is 70.2 Å². The Labute approximate surface area is 129 Å². The second kappa shape index (κ2) is 13.7. The van der Waals surface area contributed by atoms with Crippen molar-refractivity contribution in [2.75, 3.05) is 7.11 Å². The summed E-state index contributed by atoms with van der Waals surface area (Å²) in [6.45, 7) is 5.60. The van der Waals surface area contributed by atoms with Gasteiger partial charge < -0.3 is 14.9 Å². The summed E-state index contributed by atoms with van der Waals surface area (Å²) in [5, 5.41) is 19.1. The molecule has 3 unspecified atom stereocenters. The lowest BCUT2D eigenvalue weighted by Crippen LogP contribution is -2.27. The van der Waals surface area contributed by atoms with Crippen LogP contribution in [0.3, 0.4) is 0 Å². The Morgan fingerprint density at radius 1 is 1.14 bits per heavy atom. The molecule has 3 nitrogen and oxygen atoms in total. The first kappa shape index (κ1) is 19.7. The van der Waals surface area contributed by atoms with Gasteiger partial charge in [-0.15, -0.1) is 0 Å². The van der Waals surface area contributed by atoms with Crippen LogP contribution in [0.4, 0.5) is 0 Å². The Hall–Kier alpha value is -1.26. The fourth-order valence-corrected chi connectivity index (χ4v) is 1.92. The maximum absolute atomic E-state index is 10.0. The number of methoxy groups -OCH3 is 1. The molecule has 0 aliphatic carbocycles. The average Bonchev–Trinajstić information content (AvgIpc) is 2.50. The van der Waals surface area contributed by atoms with Crippen molar-refractivity contribution in [1.29, 1.82) is 0 Å². The van der Waals surface area contributed by atoms with Crippen LogP contribution in [0.1, 0.15) is 51.9 Å². The van der Waals surface area contributed by atoms with Gasteiger partial charge in [-0.3, -0.25) is 0 Å². The molecule has 0 saturated carbocycles. The molecule has 0 aliphatic rings. The average molecular weight is 292 g/mol. The Kier molecular flexibility index (Phi) is 12.9. The van der Waals surface area contributed by atoms with Crippen molar-refractivity contribution in [2.24, 2.45) is 0 Å². The quantitative estimate of drug-likeness (QED) is 0.370. The third-order valence-electron chi connectivity index (χ3n) is 3.23. The molecule has 0 bridgehead atoms. The van der Waals surface area contributed by atoms with Crippen molar-refractivity contribution in [3.63, 3.8) is 0 Å². The minimum atomic E-state index is -0.848. The Morgan fingerprint density at radius 3 is 2.48 bits per heavy atom. The summed E-state index contributed by atoms with van der Waals surface area (Å²) < 4.78 is 5.32. The Balaban J connectivity index is 4.03. The van der Waals surface area contributed by atoms with E-state index in [2.05, 4.69) is 37.2 Å². The first-order valence-electron chi connectivity index (χ1n) is 7.65. The van der Waals surface area contributed by atoms with Gasteiger partial charge in [-0.05, 0) is 18.3 Å². The summed E-state index contributed by atoms with van der Waals surface area (Å²) in [5.74, 6) is 10.4. The van der Waals surface area contributed by atoms with E-state index in [0.717, 1.165) is 12.8 Å². The van der Waals surface area contributed by atoms with E-state index in [1.165, 1.54) is 31.8 Å². The molecule has 21 heavy (non-hydrogen) atoms. The number of hydrogen-bond acceptors (Lipinski definition) is 3. The lowest BCUT2D eigenvalue weighted by Gasteiger charge is -2.19. The van der Waals surface area contributed by atoms with E-state index in [9.17, 15) is 5.11 Å². The van der Waals surface area contributed by atoms with Crippen molar-refractivity contribution in [3.05, 3.63) is 12.7 Å². The molecule has 0 aliphatic heterocycles. The van der Waals surface area contributed by atoms with Crippen LogP contribution in [0, 0.1) is 23.7 Å². The highest BCUT2D eigenvalue weighted by Crippen LogP contribution is 2.13. The molecular weight excluding hydrogens is 264 g/mol. The molecule has 0 spiro atoms. The molecule has 3 atom stereocenters. The van der Waals surface area contributed by atoms with Crippen molar-refractivity contribution in [1.82, 2.24) is 0 Å². The zero-order valence-electron chi connectivity index (χ0n) is 13.3. The van der Waals surface area contributed by atoms with Crippen molar-refractivity contribution >= 4 is 0 Å². The predicted octanol–water partition coefficient (Wildman–Crippen LogP) is 2.67. The van der Waals surface area contributed by atoms with E-state index in [1.807, 2.05) is 0 Å². The summed E-state index contributed by atoms with van der Waals surface area (Å²) in [6.07, 6.45) is 6.87. The maximum Gasteiger partial charge on any atom is 0.134 e. The summed E-state index contributed by atoms with van der Waals surface area (Å²) in [4.78, 5) is 0. The number of aliphatic hydroxyl groups is 2. The van der Waals surface area contributed by atoms with Crippen LogP contribution in [0.15, 0.2) is 12.7 Å². The van der Waals surface area contributed by atoms with Gasteiger partial charge in [0.05, 0.1) is 12.2 Å². The largest absolute Gasteiger partial charge is 0.389 e. The molecule has 0 aromatic heterocycles. The van der Waals surface area contributed by atoms with Crippen molar-refractivity contribution in [3.8, 4) is 23.7 Å². The molecule has 0 aromatic rings. The molecule has 0 heterocycles. The Morgan fingerprint density at radius 2 is 1.86 bits per heavy atom. The lowest BCUT2D eigenvalue weighted by molar-refractivity contribution is -0.0146. The number of aliphatic hydroxyl groups excluding tert-OH is 2. The van der Waals surface area contributed by atoms with Crippen molar-refractivity contribution < 1.29 is 14.9 Å². The molecule has 2 N–H and O–H groups in total. The zero-order chi connectivity index (χ0) is 15.9. The van der Waals surface area contributed by atoms with E-state index in [-0.39, 0.29) is 6.10 Å². The topological polar surface area (TPSA) is 49.7 Å². The monoisotopic (exact) mass is 292 g/mol. The second-order valence-electron chi connectivity index (χ2n) is 5.00. The smallest absolute Gasteiger partial charge is 0.134 e. The first-order valence-corrected chi connectivity index (χ1v) is 7.65. The Bertz CT molecular complexity index is 381. The van der Waals surface area contributed by atoms with Gasteiger partial charge in [0, 0.05) is 13.5 Å². The first-order chi connectivity index (χ1) is 10.2. The second-order valence-corrected chi connectivity index (χ2v) is 5.00. The van der Waals surface area contributed by atoms with E-state index >= 15 is 0 Å². The van der Waals surface area contributed by atoms with Crippen LogP contribution in [0.2, 0.25) is 0 Å². The highest BCUT2D eigenvalue weighted by molar-refractivity contribution is 5.28. The van der Waals surface area contributed by atoms with Crippen LogP contribution < -0.4 is 0 Å². The third kappa shape index (κ3) is 11.1. The van der Waals surface area contributed by atoms with Crippen LogP contribution in [-0.2, 0) is 4.74 Å². The van der Waals surface area contributed by atoms with E-state index in [1.54, 1.807) is 7.11 Å². The van der Waals surface area contributed by atoms with Gasteiger partial charge in [-0.2, -0.15) is 0 Å². The summed E-state index contributed by atoms with van der Waals surface area (Å²) in [5.41, 5.74) is 0. The van der Waals surface area contributed by atoms with Gasteiger partial charge >= 0.3 is 0 Å². The van der Waals surface area contributed by atoms with E-state index in [0.29, 0.717) is 6.42 Å². The molecule has 118 valence electrons. The third-order valence-corrected chi connectivity index (χ3v) is 3.23. The fraction of sp³-hybridized carbons (Fsp3) is 0.667. The van der Waals surface area contributed by atoms with Crippen LogP contribution in [0.25, 0.3) is 0 Å². The minimum absolute atomic E-state index is 0.173. The summed E-state index contributed by atoms with van der Waals surface area (Å²) in [7, 11) is 1.62. The van der Waals surface area contributed by atoms with Gasteiger partial charge in [0.1, 0.15) is 6.10 Å². The van der Waals surface area contributed by atoms with Gasteiger partial charge in [0.25, 0.3) is 0 Å². The number of ether oxygens (including phenoxy) is 1. The van der Waals surface area contributed by atoms with E-state index < -0.39 is 12.2 Å². The normalized spacial score (nSPS) is 14.1. The molecule has 0 saturated heterocycles. The molecule has 0 amide bonds. The SMILES string of the molecule is C=CC(O)C#CC#CCC(O)C(CCCCCCC)OC. The molecule has 0 fully saturated rings. The summed E-state index contributed by atoms with van der Waals surface area (Å²) in [6, 6.07) is 0. The van der Waals surface area contributed by atoms with Crippen LogP contribution in [0.5, 0.6) is 0 Å². The molecule has 0 rings (SSSR count). The standard InChI is InChI=1S/C18H28O3/c1-4-6-7-8-12-15-18(21-3)17(20)14-11-9-10-13-16(19)5-2/h5,16-20H,2,4,6-8,12,14-15H2,1,3H3. The number of hydrogen-bond donors (Lipinski definition) is 2. The number of rotatable bonds is 10. The van der Waals surface area contributed by atoms with Gasteiger partial charge in [0.15, 0.2) is 0 Å².